The van der Waals surface area contributed by atoms with Crippen molar-refractivity contribution in [1.82, 2.24) is 9.88 Å². The maximum Gasteiger partial charge on any atom is 0.160 e. The molecule has 4 aromatic rings. The number of aromatic nitrogens is 1. The highest BCUT2D eigenvalue weighted by molar-refractivity contribution is 8.14. The van der Waals surface area contributed by atoms with Crippen molar-refractivity contribution >= 4 is 38.5 Å². The standard InChI is InChI=1S/C25H21N3S/c1-16-15-28-24(23(27-25(28)29-16)21-12-6-7-13-26-21)22-19-10-4-2-8-17(19)14-18-9-3-5-11-20(18)22/h2-14,16,23-24H,15H2,1H3/t16-,23+,24-/m0/s1. The number of hydrogen-bond donors (Lipinski definition) is 0. The molecule has 142 valence electrons. The van der Waals surface area contributed by atoms with Crippen LogP contribution >= 0.6 is 11.8 Å². The smallest absolute Gasteiger partial charge is 0.160 e. The number of pyridine rings is 1. The first kappa shape index (κ1) is 17.0. The Balaban J connectivity index is 1.65. The number of thioether (sulfide) groups is 1. The number of amidine groups is 1. The van der Waals surface area contributed by atoms with Crippen LogP contribution in [0.1, 0.15) is 30.3 Å². The average molecular weight is 396 g/mol. The van der Waals surface area contributed by atoms with E-state index in [1.165, 1.54) is 27.1 Å². The first-order valence-electron chi connectivity index (χ1n) is 10.1. The van der Waals surface area contributed by atoms with Gasteiger partial charge in [-0.25, -0.2) is 0 Å². The summed E-state index contributed by atoms with van der Waals surface area (Å²) in [5, 5.41) is 6.93. The van der Waals surface area contributed by atoms with E-state index in [2.05, 4.69) is 78.6 Å². The molecule has 0 N–H and O–H groups in total. The second-order valence-electron chi connectivity index (χ2n) is 7.87. The number of rotatable bonds is 2. The van der Waals surface area contributed by atoms with Crippen molar-refractivity contribution in [2.24, 2.45) is 4.99 Å². The van der Waals surface area contributed by atoms with E-state index in [0.29, 0.717) is 5.25 Å². The van der Waals surface area contributed by atoms with Crippen LogP contribution in [0.4, 0.5) is 0 Å². The van der Waals surface area contributed by atoms with Crippen LogP contribution in [0.25, 0.3) is 21.5 Å². The summed E-state index contributed by atoms with van der Waals surface area (Å²) in [5.74, 6) is 0. The Morgan fingerprint density at radius 2 is 1.59 bits per heavy atom. The third-order valence-corrected chi connectivity index (χ3v) is 7.09. The maximum atomic E-state index is 5.19. The van der Waals surface area contributed by atoms with Crippen molar-refractivity contribution in [2.75, 3.05) is 6.54 Å². The number of hydrogen-bond acceptors (Lipinski definition) is 4. The maximum absolute atomic E-state index is 5.19. The fourth-order valence-electron chi connectivity index (χ4n) is 4.80. The minimum atomic E-state index is 0.0143. The number of fused-ring (bicyclic) bond motifs is 3. The molecule has 6 rings (SSSR count). The van der Waals surface area contributed by atoms with Gasteiger partial charge in [0.15, 0.2) is 5.17 Å². The normalized spacial score (nSPS) is 23.6. The quantitative estimate of drug-likeness (QED) is 0.391. The molecule has 0 saturated carbocycles. The molecule has 0 amide bonds. The topological polar surface area (TPSA) is 28.5 Å². The molecule has 29 heavy (non-hydrogen) atoms. The lowest BCUT2D eigenvalue weighted by Crippen LogP contribution is -2.29. The third kappa shape index (κ3) is 2.66. The van der Waals surface area contributed by atoms with E-state index in [-0.39, 0.29) is 12.1 Å². The lowest BCUT2D eigenvalue weighted by atomic mass is 9.87. The van der Waals surface area contributed by atoms with Gasteiger partial charge in [0.25, 0.3) is 0 Å². The van der Waals surface area contributed by atoms with E-state index < -0.39 is 0 Å². The predicted octanol–water partition coefficient (Wildman–Crippen LogP) is 5.98. The molecule has 0 bridgehead atoms. The van der Waals surface area contributed by atoms with Gasteiger partial charge < -0.3 is 4.90 Å². The largest absolute Gasteiger partial charge is 0.341 e. The predicted molar refractivity (Wildman–Crippen MR) is 122 cm³/mol. The summed E-state index contributed by atoms with van der Waals surface area (Å²) in [7, 11) is 0. The Hall–Kier alpha value is -2.85. The second kappa shape index (κ2) is 6.60. The van der Waals surface area contributed by atoms with Gasteiger partial charge in [0, 0.05) is 18.0 Å². The molecule has 0 radical (unpaired) electrons. The lowest BCUT2D eigenvalue weighted by molar-refractivity contribution is 0.325. The summed E-state index contributed by atoms with van der Waals surface area (Å²) < 4.78 is 0. The van der Waals surface area contributed by atoms with Crippen molar-refractivity contribution in [3.05, 3.63) is 90.3 Å². The second-order valence-corrected chi connectivity index (χ2v) is 9.27. The number of aliphatic imine (C=N–C) groups is 1. The van der Waals surface area contributed by atoms with Crippen LogP contribution in [-0.4, -0.2) is 26.8 Å². The van der Waals surface area contributed by atoms with Crippen LogP contribution in [0.5, 0.6) is 0 Å². The van der Waals surface area contributed by atoms with Gasteiger partial charge in [0.1, 0.15) is 6.04 Å². The van der Waals surface area contributed by atoms with E-state index in [1.54, 1.807) is 0 Å². The van der Waals surface area contributed by atoms with Crippen LogP contribution in [-0.2, 0) is 0 Å². The minimum Gasteiger partial charge on any atom is -0.341 e. The molecule has 1 fully saturated rings. The summed E-state index contributed by atoms with van der Waals surface area (Å²) in [4.78, 5) is 12.4. The Labute approximate surface area is 174 Å². The van der Waals surface area contributed by atoms with Crippen LogP contribution in [0.15, 0.2) is 84.0 Å². The van der Waals surface area contributed by atoms with Crippen molar-refractivity contribution < 1.29 is 0 Å². The van der Waals surface area contributed by atoms with Gasteiger partial charge in [-0.05, 0) is 45.3 Å². The summed E-state index contributed by atoms with van der Waals surface area (Å²) >= 11 is 1.89. The van der Waals surface area contributed by atoms with Gasteiger partial charge >= 0.3 is 0 Å². The SMILES string of the molecule is C[C@H]1CN2C(=N[C@H](c3ccccn3)[C@@H]2c2c3ccccc3cc3ccccc23)S1. The van der Waals surface area contributed by atoms with Crippen molar-refractivity contribution in [2.45, 2.75) is 24.3 Å². The summed E-state index contributed by atoms with van der Waals surface area (Å²) in [6, 6.07) is 26.2. The average Bonchev–Trinajstić information content (AvgIpc) is 3.29. The van der Waals surface area contributed by atoms with Crippen LogP contribution in [0.2, 0.25) is 0 Å². The third-order valence-electron chi connectivity index (χ3n) is 5.99. The van der Waals surface area contributed by atoms with E-state index in [4.69, 9.17) is 9.98 Å². The van der Waals surface area contributed by atoms with Gasteiger partial charge in [-0.1, -0.05) is 73.3 Å². The molecule has 3 heterocycles. The summed E-state index contributed by atoms with van der Waals surface area (Å²) in [5.41, 5.74) is 2.42. The Kier molecular flexibility index (Phi) is 3.88. The molecule has 0 unspecified atom stereocenters. The molecule has 1 aromatic heterocycles. The first-order chi connectivity index (χ1) is 14.3. The monoisotopic (exact) mass is 395 g/mol. The molecular weight excluding hydrogens is 374 g/mol. The van der Waals surface area contributed by atoms with Crippen molar-refractivity contribution in [3.63, 3.8) is 0 Å². The molecule has 0 aliphatic carbocycles. The minimum absolute atomic E-state index is 0.0143. The Bertz CT molecular complexity index is 1200. The van der Waals surface area contributed by atoms with Crippen molar-refractivity contribution in [3.8, 4) is 0 Å². The Morgan fingerprint density at radius 3 is 2.28 bits per heavy atom. The fraction of sp³-hybridized carbons (Fsp3) is 0.200. The van der Waals surface area contributed by atoms with Crippen LogP contribution in [0, 0.1) is 0 Å². The van der Waals surface area contributed by atoms with Gasteiger partial charge in [-0.3, -0.25) is 9.98 Å². The highest BCUT2D eigenvalue weighted by atomic mass is 32.2. The van der Waals surface area contributed by atoms with E-state index in [9.17, 15) is 0 Å². The molecule has 1 saturated heterocycles. The van der Waals surface area contributed by atoms with Crippen LogP contribution < -0.4 is 0 Å². The zero-order valence-electron chi connectivity index (χ0n) is 16.2. The molecule has 3 atom stereocenters. The molecule has 3 aromatic carbocycles. The molecular formula is C25H21N3S. The first-order valence-corrected chi connectivity index (χ1v) is 11.0. The molecule has 0 spiro atoms. The molecule has 3 nitrogen and oxygen atoms in total. The molecule has 4 heteroatoms. The highest BCUT2D eigenvalue weighted by Gasteiger charge is 2.44. The molecule has 2 aliphatic heterocycles. The van der Waals surface area contributed by atoms with E-state index in [1.807, 2.05) is 24.0 Å². The summed E-state index contributed by atoms with van der Waals surface area (Å²) in [6.07, 6.45) is 1.88. The van der Waals surface area contributed by atoms with Crippen molar-refractivity contribution in [1.29, 1.82) is 0 Å². The fourth-order valence-corrected chi connectivity index (χ4v) is 5.89. The van der Waals surface area contributed by atoms with Gasteiger partial charge in [0.05, 0.1) is 11.7 Å². The van der Waals surface area contributed by atoms with Gasteiger partial charge in [-0.2, -0.15) is 0 Å². The lowest BCUT2D eigenvalue weighted by Gasteiger charge is -2.29. The van der Waals surface area contributed by atoms with E-state index >= 15 is 0 Å². The highest BCUT2D eigenvalue weighted by Crippen LogP contribution is 2.50. The summed E-state index contributed by atoms with van der Waals surface area (Å²) in [6.45, 7) is 3.31. The van der Waals surface area contributed by atoms with Gasteiger partial charge in [0.2, 0.25) is 0 Å². The number of nitrogens with zero attached hydrogens (tertiary/aromatic N) is 3. The number of benzene rings is 3. The molecule has 2 aliphatic rings. The van der Waals surface area contributed by atoms with Crippen LogP contribution in [0.3, 0.4) is 0 Å². The van der Waals surface area contributed by atoms with Gasteiger partial charge in [-0.15, -0.1) is 0 Å². The van der Waals surface area contributed by atoms with E-state index in [0.717, 1.165) is 17.4 Å². The zero-order chi connectivity index (χ0) is 19.4. The zero-order valence-corrected chi connectivity index (χ0v) is 17.0. The Morgan fingerprint density at radius 1 is 0.897 bits per heavy atom.